The van der Waals surface area contributed by atoms with Crippen LogP contribution >= 0.6 is 0 Å². The molecule has 0 unspecified atom stereocenters. The van der Waals surface area contributed by atoms with Crippen molar-refractivity contribution in [2.45, 2.75) is 13.5 Å². The molecule has 24 heavy (non-hydrogen) atoms. The Hall–Kier alpha value is -2.96. The fourth-order valence-corrected chi connectivity index (χ4v) is 2.31. The molecular formula is C17H17FN2O4. The minimum atomic E-state index is -0.523. The van der Waals surface area contributed by atoms with E-state index in [0.717, 1.165) is 0 Å². The van der Waals surface area contributed by atoms with E-state index in [0.29, 0.717) is 11.1 Å². The monoisotopic (exact) mass is 332 g/mol. The summed E-state index contributed by atoms with van der Waals surface area (Å²) in [6, 6.07) is 8.76. The van der Waals surface area contributed by atoms with Gasteiger partial charge in [-0.25, -0.2) is 4.39 Å². The standard InChI is InChI=1S/C17H17FN2O4/c1-11-4-6-13(9-15(11)20(22)23)17(21)19(2)10-12-5-7-16(24-3)14(18)8-12/h4-9H,10H2,1-3H3. The lowest BCUT2D eigenvalue weighted by molar-refractivity contribution is -0.385. The van der Waals surface area contributed by atoms with Crippen molar-refractivity contribution in [3.05, 3.63) is 69.0 Å². The Morgan fingerprint density at radius 3 is 2.58 bits per heavy atom. The lowest BCUT2D eigenvalue weighted by atomic mass is 10.1. The Bertz CT molecular complexity index is 792. The van der Waals surface area contributed by atoms with Gasteiger partial charge in [0.1, 0.15) is 0 Å². The Morgan fingerprint density at radius 2 is 2.00 bits per heavy atom. The number of aryl methyl sites for hydroxylation is 1. The highest BCUT2D eigenvalue weighted by molar-refractivity contribution is 5.94. The van der Waals surface area contributed by atoms with Crippen molar-refractivity contribution in [2.24, 2.45) is 0 Å². The molecule has 1 amide bonds. The first kappa shape index (κ1) is 17.4. The molecule has 6 nitrogen and oxygen atoms in total. The zero-order valence-electron chi connectivity index (χ0n) is 13.6. The maximum atomic E-state index is 13.7. The van der Waals surface area contributed by atoms with Gasteiger partial charge in [-0.05, 0) is 30.7 Å². The molecule has 126 valence electrons. The summed E-state index contributed by atoms with van der Waals surface area (Å²) in [5.41, 5.74) is 1.18. The summed E-state index contributed by atoms with van der Waals surface area (Å²) < 4.78 is 18.6. The number of nitrogens with zero attached hydrogens (tertiary/aromatic N) is 2. The fourth-order valence-electron chi connectivity index (χ4n) is 2.31. The number of hydrogen-bond acceptors (Lipinski definition) is 4. The van der Waals surface area contributed by atoms with Crippen LogP contribution in [0.1, 0.15) is 21.5 Å². The first-order valence-corrected chi connectivity index (χ1v) is 7.16. The van der Waals surface area contributed by atoms with Crippen molar-refractivity contribution in [1.82, 2.24) is 4.90 Å². The van der Waals surface area contributed by atoms with Crippen molar-refractivity contribution >= 4 is 11.6 Å². The molecule has 2 rings (SSSR count). The van der Waals surface area contributed by atoms with Gasteiger partial charge in [0.05, 0.1) is 12.0 Å². The van der Waals surface area contributed by atoms with E-state index >= 15 is 0 Å². The first-order valence-electron chi connectivity index (χ1n) is 7.16. The molecule has 0 bridgehead atoms. The molecule has 0 aromatic heterocycles. The fraction of sp³-hybridized carbons (Fsp3) is 0.235. The number of carbonyl (C=O) groups is 1. The van der Waals surface area contributed by atoms with Crippen LogP contribution in [0.2, 0.25) is 0 Å². The number of methoxy groups -OCH3 is 1. The van der Waals surface area contributed by atoms with Gasteiger partial charge < -0.3 is 9.64 Å². The second kappa shape index (κ2) is 7.08. The van der Waals surface area contributed by atoms with Crippen molar-refractivity contribution in [1.29, 1.82) is 0 Å². The van der Waals surface area contributed by atoms with Crippen LogP contribution in [0.4, 0.5) is 10.1 Å². The minimum absolute atomic E-state index is 0.107. The van der Waals surface area contributed by atoms with Crippen LogP contribution in [-0.2, 0) is 6.54 Å². The Labute approximate surface area is 138 Å². The van der Waals surface area contributed by atoms with Crippen LogP contribution < -0.4 is 4.74 Å². The van der Waals surface area contributed by atoms with E-state index in [2.05, 4.69) is 0 Å². The lowest BCUT2D eigenvalue weighted by Crippen LogP contribution is -2.26. The third kappa shape index (κ3) is 3.68. The SMILES string of the molecule is COc1ccc(CN(C)C(=O)c2ccc(C)c([N+](=O)[O-])c2)cc1F. The number of halogens is 1. The van der Waals surface area contributed by atoms with E-state index in [1.165, 1.54) is 42.3 Å². The van der Waals surface area contributed by atoms with Gasteiger partial charge in [-0.3, -0.25) is 14.9 Å². The predicted octanol–water partition coefficient (Wildman–Crippen LogP) is 3.32. The summed E-state index contributed by atoms with van der Waals surface area (Å²) in [6.45, 7) is 1.78. The summed E-state index contributed by atoms with van der Waals surface area (Å²) in [6.07, 6.45) is 0. The summed E-state index contributed by atoms with van der Waals surface area (Å²) >= 11 is 0. The van der Waals surface area contributed by atoms with Gasteiger partial charge >= 0.3 is 0 Å². The predicted molar refractivity (Wildman–Crippen MR) is 86.6 cm³/mol. The van der Waals surface area contributed by atoms with E-state index < -0.39 is 10.7 Å². The molecule has 2 aromatic carbocycles. The molecule has 0 aliphatic rings. The van der Waals surface area contributed by atoms with Gasteiger partial charge in [0, 0.05) is 30.8 Å². The van der Waals surface area contributed by atoms with E-state index in [1.807, 2.05) is 0 Å². The van der Waals surface area contributed by atoms with Crippen LogP contribution in [0, 0.1) is 22.9 Å². The van der Waals surface area contributed by atoms with E-state index in [4.69, 9.17) is 4.74 Å². The summed E-state index contributed by atoms with van der Waals surface area (Å²) in [7, 11) is 2.92. The van der Waals surface area contributed by atoms with Crippen LogP contribution in [0.25, 0.3) is 0 Å². The molecule has 0 aliphatic heterocycles. The van der Waals surface area contributed by atoms with Crippen molar-refractivity contribution in [2.75, 3.05) is 14.2 Å². The van der Waals surface area contributed by atoms with Gasteiger partial charge in [-0.2, -0.15) is 0 Å². The number of rotatable bonds is 5. The van der Waals surface area contributed by atoms with Gasteiger partial charge in [-0.15, -0.1) is 0 Å². The molecule has 7 heteroatoms. The number of carbonyl (C=O) groups excluding carboxylic acids is 1. The highest BCUT2D eigenvalue weighted by atomic mass is 19.1. The van der Waals surface area contributed by atoms with E-state index in [1.54, 1.807) is 20.0 Å². The molecule has 0 aliphatic carbocycles. The number of amides is 1. The van der Waals surface area contributed by atoms with Gasteiger partial charge in [-0.1, -0.05) is 12.1 Å². The maximum Gasteiger partial charge on any atom is 0.273 e. The van der Waals surface area contributed by atoms with E-state index in [-0.39, 0.29) is 29.5 Å². The average molecular weight is 332 g/mol. The molecule has 0 radical (unpaired) electrons. The van der Waals surface area contributed by atoms with Crippen LogP contribution in [-0.4, -0.2) is 29.9 Å². The van der Waals surface area contributed by atoms with Crippen molar-refractivity contribution in [3.8, 4) is 5.75 Å². The second-order valence-corrected chi connectivity index (χ2v) is 5.39. The van der Waals surface area contributed by atoms with Crippen molar-refractivity contribution in [3.63, 3.8) is 0 Å². The van der Waals surface area contributed by atoms with E-state index in [9.17, 15) is 19.3 Å². The Balaban J connectivity index is 2.19. The third-order valence-electron chi connectivity index (χ3n) is 3.64. The second-order valence-electron chi connectivity index (χ2n) is 5.39. The first-order chi connectivity index (χ1) is 11.3. The molecule has 2 aromatic rings. The topological polar surface area (TPSA) is 72.7 Å². The Kier molecular flexibility index (Phi) is 5.13. The smallest absolute Gasteiger partial charge is 0.273 e. The number of nitro benzene ring substituents is 1. The number of hydrogen-bond donors (Lipinski definition) is 0. The Morgan fingerprint density at radius 1 is 1.29 bits per heavy atom. The molecule has 0 saturated carbocycles. The zero-order valence-corrected chi connectivity index (χ0v) is 13.6. The largest absolute Gasteiger partial charge is 0.494 e. The molecule has 0 saturated heterocycles. The summed E-state index contributed by atoms with van der Waals surface area (Å²) in [4.78, 5) is 24.3. The quantitative estimate of drug-likeness (QED) is 0.622. The molecule has 0 fully saturated rings. The van der Waals surface area contributed by atoms with Crippen LogP contribution in [0.5, 0.6) is 5.75 Å². The van der Waals surface area contributed by atoms with Gasteiger partial charge in [0.2, 0.25) is 0 Å². The maximum absolute atomic E-state index is 13.7. The van der Waals surface area contributed by atoms with Gasteiger partial charge in [0.25, 0.3) is 11.6 Å². The summed E-state index contributed by atoms with van der Waals surface area (Å²) in [5, 5.41) is 11.0. The van der Waals surface area contributed by atoms with Crippen LogP contribution in [0.15, 0.2) is 36.4 Å². The summed E-state index contributed by atoms with van der Waals surface area (Å²) in [5.74, 6) is -0.766. The normalized spacial score (nSPS) is 10.3. The number of ether oxygens (including phenoxy) is 1. The van der Waals surface area contributed by atoms with Gasteiger partial charge in [0.15, 0.2) is 11.6 Å². The molecule has 0 spiro atoms. The minimum Gasteiger partial charge on any atom is -0.494 e. The van der Waals surface area contributed by atoms with Crippen molar-refractivity contribution < 1.29 is 18.8 Å². The lowest BCUT2D eigenvalue weighted by Gasteiger charge is -2.18. The highest BCUT2D eigenvalue weighted by Gasteiger charge is 2.18. The number of nitro groups is 1. The highest BCUT2D eigenvalue weighted by Crippen LogP contribution is 2.22. The molecular weight excluding hydrogens is 315 g/mol. The van der Waals surface area contributed by atoms with Crippen LogP contribution in [0.3, 0.4) is 0 Å². The third-order valence-corrected chi connectivity index (χ3v) is 3.64. The molecule has 0 N–H and O–H groups in total. The average Bonchev–Trinajstić information content (AvgIpc) is 2.54. The molecule has 0 heterocycles. The molecule has 0 atom stereocenters. The number of benzene rings is 2. The zero-order chi connectivity index (χ0) is 17.9.